The Hall–Kier alpha value is -2.33. The van der Waals surface area contributed by atoms with Crippen molar-refractivity contribution in [3.8, 4) is 11.5 Å². The van der Waals surface area contributed by atoms with Crippen LogP contribution in [0.5, 0.6) is 11.5 Å². The van der Waals surface area contributed by atoms with E-state index < -0.39 is 0 Å². The van der Waals surface area contributed by atoms with Gasteiger partial charge in [0.15, 0.2) is 11.5 Å². The van der Waals surface area contributed by atoms with Crippen LogP contribution in [0.3, 0.4) is 0 Å². The summed E-state index contributed by atoms with van der Waals surface area (Å²) in [6.07, 6.45) is 1.57. The van der Waals surface area contributed by atoms with E-state index in [1.54, 1.807) is 7.11 Å². The zero-order chi connectivity index (χ0) is 15.4. The van der Waals surface area contributed by atoms with E-state index in [1.807, 2.05) is 42.5 Å². The highest BCUT2D eigenvalue weighted by Gasteiger charge is 2.23. The van der Waals surface area contributed by atoms with Crippen molar-refractivity contribution < 1.29 is 14.3 Å². The number of hydrogen-bond donors (Lipinski definition) is 1. The summed E-state index contributed by atoms with van der Waals surface area (Å²) in [6, 6.07) is 13.8. The molecule has 1 aliphatic heterocycles. The summed E-state index contributed by atoms with van der Waals surface area (Å²) in [5, 5.41) is 3.20. The van der Waals surface area contributed by atoms with Gasteiger partial charge in [-0.1, -0.05) is 36.4 Å². The monoisotopic (exact) mass is 297 g/mol. The maximum absolute atomic E-state index is 11.1. The van der Waals surface area contributed by atoms with Crippen molar-refractivity contribution in [2.24, 2.45) is 0 Å². The van der Waals surface area contributed by atoms with Gasteiger partial charge in [0.05, 0.1) is 13.2 Å². The molecule has 0 spiro atoms. The van der Waals surface area contributed by atoms with Crippen molar-refractivity contribution in [2.75, 3.05) is 7.11 Å². The molecule has 3 rings (SSSR count). The van der Waals surface area contributed by atoms with E-state index in [9.17, 15) is 4.79 Å². The van der Waals surface area contributed by atoms with Gasteiger partial charge in [-0.2, -0.15) is 0 Å². The fourth-order valence-electron chi connectivity index (χ4n) is 2.71. The summed E-state index contributed by atoms with van der Waals surface area (Å²) < 4.78 is 11.5. The lowest BCUT2D eigenvalue weighted by Gasteiger charge is -2.25. The molecular formula is C18H19NO3. The zero-order valence-electron chi connectivity index (χ0n) is 12.5. The van der Waals surface area contributed by atoms with Crippen LogP contribution in [0.25, 0.3) is 0 Å². The molecule has 0 aliphatic carbocycles. The molecule has 4 heteroatoms. The van der Waals surface area contributed by atoms with Crippen molar-refractivity contribution in [3.63, 3.8) is 0 Å². The van der Waals surface area contributed by atoms with Gasteiger partial charge in [-0.3, -0.25) is 0 Å². The van der Waals surface area contributed by atoms with Crippen LogP contribution in [0, 0.1) is 0 Å². The van der Waals surface area contributed by atoms with Gasteiger partial charge in [-0.25, -0.2) is 0 Å². The Bertz CT molecular complexity index is 655. The molecule has 0 unspecified atom stereocenters. The number of hydrogen-bond acceptors (Lipinski definition) is 4. The number of rotatable bonds is 5. The molecule has 0 aromatic heterocycles. The third kappa shape index (κ3) is 2.97. The lowest BCUT2D eigenvalue weighted by molar-refractivity contribution is -0.109. The van der Waals surface area contributed by atoms with Crippen LogP contribution in [-0.4, -0.2) is 19.4 Å². The molecule has 0 fully saturated rings. The molecule has 0 saturated carbocycles. The molecule has 1 aliphatic rings. The van der Waals surface area contributed by atoms with E-state index in [-0.39, 0.29) is 6.04 Å². The minimum absolute atomic E-state index is 0.168. The number of aldehydes is 1. The molecule has 2 aromatic carbocycles. The molecule has 0 amide bonds. The standard InChI is InChI=1S/C18H19NO3/c1-21-17-8-7-14-10-19-15(11-20)9-16(14)18(17)22-12-13-5-3-2-4-6-13/h2-8,11,15,19H,9-10,12H2,1H3/t15-/m0/s1. The van der Waals surface area contributed by atoms with Crippen LogP contribution in [0.2, 0.25) is 0 Å². The summed E-state index contributed by atoms with van der Waals surface area (Å²) in [6.45, 7) is 1.15. The van der Waals surface area contributed by atoms with Crippen molar-refractivity contribution in [2.45, 2.75) is 25.6 Å². The van der Waals surface area contributed by atoms with E-state index in [0.29, 0.717) is 25.3 Å². The highest BCUT2D eigenvalue weighted by Crippen LogP contribution is 2.36. The first-order chi connectivity index (χ1) is 10.8. The van der Waals surface area contributed by atoms with E-state index >= 15 is 0 Å². The molecule has 22 heavy (non-hydrogen) atoms. The first-order valence-corrected chi connectivity index (χ1v) is 7.36. The van der Waals surface area contributed by atoms with E-state index in [4.69, 9.17) is 9.47 Å². The van der Waals surface area contributed by atoms with Crippen LogP contribution in [0.1, 0.15) is 16.7 Å². The molecule has 1 N–H and O–H groups in total. The summed E-state index contributed by atoms with van der Waals surface area (Å²) in [5.41, 5.74) is 3.32. The van der Waals surface area contributed by atoms with Gasteiger partial charge in [-0.05, 0) is 23.6 Å². The number of methoxy groups -OCH3 is 1. The van der Waals surface area contributed by atoms with Gasteiger partial charge in [0.25, 0.3) is 0 Å². The predicted octanol–water partition coefficient (Wildman–Crippen LogP) is 2.49. The number of nitrogens with one attached hydrogen (secondary N) is 1. The fraction of sp³-hybridized carbons (Fsp3) is 0.278. The topological polar surface area (TPSA) is 47.6 Å². The molecule has 4 nitrogen and oxygen atoms in total. The summed E-state index contributed by atoms with van der Waals surface area (Å²) in [5.74, 6) is 1.46. The molecular weight excluding hydrogens is 278 g/mol. The molecule has 2 aromatic rings. The van der Waals surface area contributed by atoms with Crippen LogP contribution in [0.4, 0.5) is 0 Å². The lowest BCUT2D eigenvalue weighted by atomic mass is 9.95. The number of ether oxygens (including phenoxy) is 2. The highest BCUT2D eigenvalue weighted by molar-refractivity contribution is 5.62. The van der Waals surface area contributed by atoms with Gasteiger partial charge in [0.2, 0.25) is 0 Å². The van der Waals surface area contributed by atoms with Crippen molar-refractivity contribution in [3.05, 3.63) is 59.2 Å². The highest BCUT2D eigenvalue weighted by atomic mass is 16.5. The van der Waals surface area contributed by atoms with Gasteiger partial charge >= 0.3 is 0 Å². The second-order valence-corrected chi connectivity index (χ2v) is 5.34. The normalized spacial score (nSPS) is 16.7. The number of carbonyl (C=O) groups excluding carboxylic acids is 1. The van der Waals surface area contributed by atoms with Gasteiger partial charge in [-0.15, -0.1) is 0 Å². The van der Waals surface area contributed by atoms with Crippen molar-refractivity contribution in [1.82, 2.24) is 5.32 Å². The average Bonchev–Trinajstić information content (AvgIpc) is 2.59. The minimum Gasteiger partial charge on any atom is -0.493 e. The van der Waals surface area contributed by atoms with Crippen LogP contribution < -0.4 is 14.8 Å². The van der Waals surface area contributed by atoms with Crippen LogP contribution >= 0.6 is 0 Å². The number of fused-ring (bicyclic) bond motifs is 1. The Labute approximate surface area is 130 Å². The Morgan fingerprint density at radius 1 is 1.23 bits per heavy atom. The number of carbonyl (C=O) groups is 1. The maximum atomic E-state index is 11.1. The summed E-state index contributed by atoms with van der Waals surface area (Å²) >= 11 is 0. The Morgan fingerprint density at radius 2 is 2.05 bits per heavy atom. The fourth-order valence-corrected chi connectivity index (χ4v) is 2.71. The van der Waals surface area contributed by atoms with E-state index in [0.717, 1.165) is 28.7 Å². The molecule has 0 radical (unpaired) electrons. The van der Waals surface area contributed by atoms with Crippen molar-refractivity contribution in [1.29, 1.82) is 0 Å². The average molecular weight is 297 g/mol. The first-order valence-electron chi connectivity index (χ1n) is 7.36. The number of benzene rings is 2. The Kier molecular flexibility index (Phi) is 4.39. The summed E-state index contributed by atoms with van der Waals surface area (Å²) in [4.78, 5) is 11.1. The zero-order valence-corrected chi connectivity index (χ0v) is 12.5. The first kappa shape index (κ1) is 14.6. The summed E-state index contributed by atoms with van der Waals surface area (Å²) in [7, 11) is 1.63. The molecule has 1 atom stereocenters. The third-order valence-electron chi connectivity index (χ3n) is 3.91. The maximum Gasteiger partial charge on any atom is 0.165 e. The smallest absolute Gasteiger partial charge is 0.165 e. The van der Waals surface area contributed by atoms with Crippen molar-refractivity contribution >= 4 is 6.29 Å². The lowest BCUT2D eigenvalue weighted by Crippen LogP contribution is -2.36. The van der Waals surface area contributed by atoms with E-state index in [2.05, 4.69) is 5.32 Å². The largest absolute Gasteiger partial charge is 0.493 e. The second-order valence-electron chi connectivity index (χ2n) is 5.34. The van der Waals surface area contributed by atoms with Gasteiger partial charge in [0.1, 0.15) is 12.9 Å². The Balaban J connectivity index is 1.89. The SMILES string of the molecule is COc1ccc2c(c1OCc1ccccc1)C[C@@H](C=O)NC2. The third-order valence-corrected chi connectivity index (χ3v) is 3.91. The van der Waals surface area contributed by atoms with Crippen LogP contribution in [-0.2, 0) is 24.4 Å². The van der Waals surface area contributed by atoms with Gasteiger partial charge in [0, 0.05) is 12.1 Å². The van der Waals surface area contributed by atoms with Crippen LogP contribution in [0.15, 0.2) is 42.5 Å². The van der Waals surface area contributed by atoms with E-state index in [1.165, 1.54) is 0 Å². The molecule has 114 valence electrons. The quantitative estimate of drug-likeness (QED) is 0.861. The second kappa shape index (κ2) is 6.62. The molecule has 1 heterocycles. The Morgan fingerprint density at radius 3 is 2.77 bits per heavy atom. The minimum atomic E-state index is -0.168. The van der Waals surface area contributed by atoms with Gasteiger partial charge < -0.3 is 19.6 Å². The predicted molar refractivity (Wildman–Crippen MR) is 84.2 cm³/mol. The molecule has 0 saturated heterocycles. The molecule has 0 bridgehead atoms.